The molecule has 2 aromatic rings. The molecule has 1 N–H and O–H groups in total. The zero-order valence-corrected chi connectivity index (χ0v) is 11.3. The van der Waals surface area contributed by atoms with Gasteiger partial charge in [-0.05, 0) is 36.8 Å². The van der Waals surface area contributed by atoms with Crippen molar-refractivity contribution in [1.82, 2.24) is 0 Å². The van der Waals surface area contributed by atoms with Gasteiger partial charge in [-0.2, -0.15) is 0 Å². The highest BCUT2D eigenvalue weighted by molar-refractivity contribution is 7.99. The van der Waals surface area contributed by atoms with Crippen molar-refractivity contribution in [3.63, 3.8) is 0 Å². The van der Waals surface area contributed by atoms with E-state index in [-0.39, 0.29) is 5.56 Å². The van der Waals surface area contributed by atoms with E-state index in [1.54, 1.807) is 0 Å². The molecule has 0 aliphatic carbocycles. The van der Waals surface area contributed by atoms with Crippen molar-refractivity contribution in [2.75, 3.05) is 5.75 Å². The Morgan fingerprint density at radius 1 is 1.05 bits per heavy atom. The standard InChI is InChI=1S/C15H14F2OS/c1-10-2-4-14(5-3-10)19-9-15(18)11-6-12(16)8-13(17)7-11/h2-8,15,18H,9H2,1H3. The summed E-state index contributed by atoms with van der Waals surface area (Å²) in [6, 6.07) is 11.0. The summed E-state index contributed by atoms with van der Waals surface area (Å²) in [7, 11) is 0. The molecule has 0 aromatic heterocycles. The third-order valence-electron chi connectivity index (χ3n) is 2.70. The first-order valence-corrected chi connectivity index (χ1v) is 6.86. The molecular formula is C15H14F2OS. The minimum Gasteiger partial charge on any atom is -0.388 e. The molecule has 1 unspecified atom stereocenters. The van der Waals surface area contributed by atoms with Crippen LogP contribution in [0.4, 0.5) is 8.78 Å². The Balaban J connectivity index is 2.00. The molecule has 0 spiro atoms. The van der Waals surface area contributed by atoms with Gasteiger partial charge >= 0.3 is 0 Å². The van der Waals surface area contributed by atoms with Gasteiger partial charge in [-0.15, -0.1) is 11.8 Å². The van der Waals surface area contributed by atoms with Crippen LogP contribution >= 0.6 is 11.8 Å². The lowest BCUT2D eigenvalue weighted by atomic mass is 10.1. The summed E-state index contributed by atoms with van der Waals surface area (Å²) < 4.78 is 26.1. The van der Waals surface area contributed by atoms with Crippen LogP contribution in [-0.2, 0) is 0 Å². The molecule has 1 nitrogen and oxygen atoms in total. The fourth-order valence-electron chi connectivity index (χ4n) is 1.67. The number of aliphatic hydroxyl groups is 1. The van der Waals surface area contributed by atoms with Crippen molar-refractivity contribution in [2.45, 2.75) is 17.9 Å². The molecule has 0 aliphatic heterocycles. The van der Waals surface area contributed by atoms with Crippen LogP contribution in [-0.4, -0.2) is 10.9 Å². The summed E-state index contributed by atoms with van der Waals surface area (Å²) in [4.78, 5) is 1.02. The number of hydrogen-bond acceptors (Lipinski definition) is 2. The fourth-order valence-corrected chi connectivity index (χ4v) is 2.54. The van der Waals surface area contributed by atoms with Crippen molar-refractivity contribution < 1.29 is 13.9 Å². The van der Waals surface area contributed by atoms with Gasteiger partial charge in [-0.3, -0.25) is 0 Å². The Kier molecular flexibility index (Phi) is 4.56. The second-order valence-electron chi connectivity index (χ2n) is 4.34. The number of hydrogen-bond donors (Lipinski definition) is 1. The van der Waals surface area contributed by atoms with E-state index in [1.807, 2.05) is 31.2 Å². The Bertz CT molecular complexity index is 534. The van der Waals surface area contributed by atoms with E-state index in [0.717, 1.165) is 28.7 Å². The van der Waals surface area contributed by atoms with Gasteiger partial charge in [0, 0.05) is 16.7 Å². The molecule has 0 aliphatic rings. The zero-order valence-electron chi connectivity index (χ0n) is 10.4. The van der Waals surface area contributed by atoms with Gasteiger partial charge in [0.2, 0.25) is 0 Å². The highest BCUT2D eigenvalue weighted by Crippen LogP contribution is 2.25. The van der Waals surface area contributed by atoms with E-state index in [9.17, 15) is 13.9 Å². The smallest absolute Gasteiger partial charge is 0.126 e. The number of aryl methyl sites for hydroxylation is 1. The average molecular weight is 280 g/mol. The molecule has 100 valence electrons. The topological polar surface area (TPSA) is 20.2 Å². The van der Waals surface area contributed by atoms with E-state index in [4.69, 9.17) is 0 Å². The minimum atomic E-state index is -0.892. The quantitative estimate of drug-likeness (QED) is 0.851. The predicted molar refractivity (Wildman–Crippen MR) is 73.2 cm³/mol. The summed E-state index contributed by atoms with van der Waals surface area (Å²) in [5.74, 6) is -0.991. The molecule has 2 aromatic carbocycles. The molecule has 0 radical (unpaired) electrons. The van der Waals surface area contributed by atoms with Crippen LogP contribution in [0.2, 0.25) is 0 Å². The monoisotopic (exact) mass is 280 g/mol. The van der Waals surface area contributed by atoms with Gasteiger partial charge in [0.05, 0.1) is 6.10 Å². The number of halogens is 2. The molecule has 0 saturated heterocycles. The first kappa shape index (κ1) is 14.0. The summed E-state index contributed by atoms with van der Waals surface area (Å²) in [5.41, 5.74) is 1.43. The maximum absolute atomic E-state index is 13.0. The predicted octanol–water partition coefficient (Wildman–Crippen LogP) is 4.10. The van der Waals surface area contributed by atoms with Crippen LogP contribution in [0.5, 0.6) is 0 Å². The van der Waals surface area contributed by atoms with Gasteiger partial charge in [0.15, 0.2) is 0 Å². The van der Waals surface area contributed by atoms with Crippen molar-refractivity contribution >= 4 is 11.8 Å². The summed E-state index contributed by atoms with van der Waals surface area (Å²) in [6.45, 7) is 2.00. The van der Waals surface area contributed by atoms with Gasteiger partial charge in [0.25, 0.3) is 0 Å². The van der Waals surface area contributed by atoms with Crippen LogP contribution in [0.1, 0.15) is 17.2 Å². The largest absolute Gasteiger partial charge is 0.388 e. The maximum Gasteiger partial charge on any atom is 0.126 e. The first-order valence-electron chi connectivity index (χ1n) is 5.88. The Hall–Kier alpha value is -1.39. The number of benzene rings is 2. The van der Waals surface area contributed by atoms with E-state index in [1.165, 1.54) is 11.8 Å². The van der Waals surface area contributed by atoms with E-state index in [2.05, 4.69) is 0 Å². The lowest BCUT2D eigenvalue weighted by molar-refractivity contribution is 0.203. The number of rotatable bonds is 4. The Morgan fingerprint density at radius 3 is 2.21 bits per heavy atom. The summed E-state index contributed by atoms with van der Waals surface area (Å²) in [5, 5.41) is 9.93. The second-order valence-corrected chi connectivity index (χ2v) is 5.44. The number of thioether (sulfide) groups is 1. The van der Waals surface area contributed by atoms with Crippen molar-refractivity contribution in [1.29, 1.82) is 0 Å². The molecule has 2 rings (SSSR count). The minimum absolute atomic E-state index is 0.261. The third-order valence-corrected chi connectivity index (χ3v) is 3.79. The van der Waals surface area contributed by atoms with E-state index in [0.29, 0.717) is 5.75 Å². The molecule has 19 heavy (non-hydrogen) atoms. The lowest BCUT2D eigenvalue weighted by Crippen LogP contribution is -2.02. The molecule has 4 heteroatoms. The van der Waals surface area contributed by atoms with Crippen molar-refractivity contribution in [2.24, 2.45) is 0 Å². The van der Waals surface area contributed by atoms with Gasteiger partial charge in [0.1, 0.15) is 11.6 Å². The molecule has 0 bridgehead atoms. The maximum atomic E-state index is 13.0. The molecule has 0 fully saturated rings. The van der Waals surface area contributed by atoms with Crippen LogP contribution in [0.25, 0.3) is 0 Å². The summed E-state index contributed by atoms with van der Waals surface area (Å²) >= 11 is 1.45. The average Bonchev–Trinajstić information content (AvgIpc) is 2.36. The van der Waals surface area contributed by atoms with E-state index < -0.39 is 17.7 Å². The zero-order chi connectivity index (χ0) is 13.8. The Morgan fingerprint density at radius 2 is 1.63 bits per heavy atom. The van der Waals surface area contributed by atoms with Crippen molar-refractivity contribution in [3.05, 3.63) is 65.2 Å². The van der Waals surface area contributed by atoms with E-state index >= 15 is 0 Å². The van der Waals surface area contributed by atoms with Gasteiger partial charge in [-0.1, -0.05) is 17.7 Å². The van der Waals surface area contributed by atoms with Crippen LogP contribution in [0, 0.1) is 18.6 Å². The first-order chi connectivity index (χ1) is 9.04. The summed E-state index contributed by atoms with van der Waals surface area (Å²) in [6.07, 6.45) is -0.892. The van der Waals surface area contributed by atoms with Crippen molar-refractivity contribution in [3.8, 4) is 0 Å². The fraction of sp³-hybridized carbons (Fsp3) is 0.200. The van der Waals surface area contributed by atoms with Crippen LogP contribution in [0.15, 0.2) is 47.4 Å². The molecular weight excluding hydrogens is 266 g/mol. The Labute approximate surface area is 115 Å². The number of aliphatic hydroxyl groups excluding tert-OH is 1. The molecule has 0 saturated carbocycles. The van der Waals surface area contributed by atoms with Crippen LogP contribution in [0.3, 0.4) is 0 Å². The van der Waals surface area contributed by atoms with Gasteiger partial charge < -0.3 is 5.11 Å². The molecule has 1 atom stereocenters. The normalized spacial score (nSPS) is 12.4. The SMILES string of the molecule is Cc1ccc(SCC(O)c2cc(F)cc(F)c2)cc1. The molecule has 0 amide bonds. The third kappa shape index (κ3) is 4.04. The second kappa shape index (κ2) is 6.17. The van der Waals surface area contributed by atoms with Gasteiger partial charge in [-0.25, -0.2) is 8.78 Å². The highest BCUT2D eigenvalue weighted by Gasteiger charge is 2.11. The highest BCUT2D eigenvalue weighted by atomic mass is 32.2. The lowest BCUT2D eigenvalue weighted by Gasteiger charge is -2.11. The van der Waals surface area contributed by atoms with Crippen LogP contribution < -0.4 is 0 Å². The molecule has 0 heterocycles.